The molecule has 1 radical (unpaired) electrons. The van der Waals surface area contributed by atoms with Crippen LogP contribution in [0.5, 0.6) is 0 Å². The highest BCUT2D eigenvalue weighted by Crippen LogP contribution is 2.05. The zero-order chi connectivity index (χ0) is 5.98. The Kier molecular flexibility index (Phi) is 1.77. The third kappa shape index (κ3) is 1.15. The lowest BCUT2D eigenvalue weighted by atomic mass is 10.5. The second-order valence-electron chi connectivity index (χ2n) is 1.23. The van der Waals surface area contributed by atoms with Gasteiger partial charge in [-0.2, -0.15) is 0 Å². The lowest BCUT2D eigenvalue weighted by Gasteiger charge is -1.86. The average Bonchev–Trinajstić information content (AvgIpc) is 1.77. The Labute approximate surface area is 60.1 Å². The van der Waals surface area contributed by atoms with Crippen LogP contribution in [-0.2, 0) is 0 Å². The minimum Gasteiger partial charge on any atom is -0.251 e. The second kappa shape index (κ2) is 2.39. The third-order valence-corrected chi connectivity index (χ3v) is 1.50. The van der Waals surface area contributed by atoms with Crippen molar-refractivity contribution in [1.29, 1.82) is 0 Å². The van der Waals surface area contributed by atoms with Crippen molar-refractivity contribution in [3.8, 4) is 0 Å². The van der Waals surface area contributed by atoms with Crippen molar-refractivity contribution < 1.29 is 4.39 Å². The minimum absolute atomic E-state index is 0.288. The SMILES string of the molecule is Fc1cn[c]cc1I. The van der Waals surface area contributed by atoms with E-state index in [2.05, 4.69) is 11.2 Å². The highest BCUT2D eigenvalue weighted by molar-refractivity contribution is 14.1. The van der Waals surface area contributed by atoms with E-state index in [9.17, 15) is 4.39 Å². The zero-order valence-corrected chi connectivity index (χ0v) is 6.02. The first-order valence-electron chi connectivity index (χ1n) is 1.98. The summed E-state index contributed by atoms with van der Waals surface area (Å²) in [5.41, 5.74) is 0. The fraction of sp³-hybridized carbons (Fsp3) is 0. The van der Waals surface area contributed by atoms with Crippen LogP contribution in [0.2, 0.25) is 0 Å². The molecule has 0 aromatic carbocycles. The summed E-state index contributed by atoms with van der Waals surface area (Å²) in [6.45, 7) is 0. The highest BCUT2D eigenvalue weighted by Gasteiger charge is 1.92. The van der Waals surface area contributed by atoms with Crippen LogP contribution in [0.4, 0.5) is 4.39 Å². The number of rotatable bonds is 0. The van der Waals surface area contributed by atoms with Gasteiger partial charge in [-0.1, -0.05) is 0 Å². The topological polar surface area (TPSA) is 12.9 Å². The van der Waals surface area contributed by atoms with E-state index in [4.69, 9.17) is 0 Å². The van der Waals surface area contributed by atoms with Gasteiger partial charge in [-0.15, -0.1) is 0 Å². The van der Waals surface area contributed by atoms with Gasteiger partial charge < -0.3 is 0 Å². The Morgan fingerprint density at radius 3 is 2.88 bits per heavy atom. The summed E-state index contributed by atoms with van der Waals surface area (Å²) in [7, 11) is 0. The van der Waals surface area contributed by atoms with E-state index < -0.39 is 0 Å². The van der Waals surface area contributed by atoms with Crippen molar-refractivity contribution in [3.05, 3.63) is 27.8 Å². The molecule has 1 aromatic heterocycles. The first-order chi connectivity index (χ1) is 3.80. The molecule has 1 rings (SSSR count). The number of aromatic nitrogens is 1. The molecule has 0 aliphatic rings. The molecule has 3 heteroatoms. The molecule has 0 amide bonds. The summed E-state index contributed by atoms with van der Waals surface area (Å²) < 4.78 is 12.8. The molecule has 1 aromatic rings. The molecule has 0 spiro atoms. The Morgan fingerprint density at radius 2 is 2.50 bits per heavy atom. The van der Waals surface area contributed by atoms with E-state index in [0.717, 1.165) is 6.20 Å². The van der Waals surface area contributed by atoms with Crippen LogP contribution in [0.1, 0.15) is 0 Å². The van der Waals surface area contributed by atoms with Gasteiger partial charge in [-0.25, -0.2) is 4.39 Å². The summed E-state index contributed by atoms with van der Waals surface area (Å²) in [5, 5.41) is 0. The summed E-state index contributed by atoms with van der Waals surface area (Å²) in [5.74, 6) is -0.288. The van der Waals surface area contributed by atoms with Gasteiger partial charge in [0.1, 0.15) is 0 Å². The summed E-state index contributed by atoms with van der Waals surface area (Å²) in [6, 6.07) is 1.50. The predicted molar refractivity (Wildman–Crippen MR) is 35.7 cm³/mol. The predicted octanol–water partition coefficient (Wildman–Crippen LogP) is 1.63. The largest absolute Gasteiger partial charge is 0.251 e. The molecular weight excluding hydrogens is 220 g/mol. The van der Waals surface area contributed by atoms with E-state index >= 15 is 0 Å². The lowest BCUT2D eigenvalue weighted by molar-refractivity contribution is 0.613. The van der Waals surface area contributed by atoms with Crippen LogP contribution in [0, 0.1) is 15.6 Å². The van der Waals surface area contributed by atoms with Crippen LogP contribution in [0.15, 0.2) is 12.3 Å². The molecule has 0 aliphatic heterocycles. The Hall–Kier alpha value is -0.190. The maximum atomic E-state index is 12.2. The van der Waals surface area contributed by atoms with Gasteiger partial charge in [0, 0.05) is 0 Å². The quantitative estimate of drug-likeness (QED) is 0.608. The van der Waals surface area contributed by atoms with Crippen LogP contribution < -0.4 is 0 Å². The van der Waals surface area contributed by atoms with Crippen molar-refractivity contribution in [2.24, 2.45) is 0 Å². The molecule has 1 nitrogen and oxygen atoms in total. The molecule has 0 bridgehead atoms. The first kappa shape index (κ1) is 5.94. The zero-order valence-electron chi connectivity index (χ0n) is 3.86. The van der Waals surface area contributed by atoms with Gasteiger partial charge in [0.15, 0.2) is 5.82 Å². The van der Waals surface area contributed by atoms with Gasteiger partial charge >= 0.3 is 0 Å². The standard InChI is InChI=1S/C5H2FIN/c6-4-3-8-2-1-5(4)7/h1,3H. The molecule has 41 valence electrons. The van der Waals surface area contributed by atoms with Gasteiger partial charge in [-0.05, 0) is 28.7 Å². The normalized spacial score (nSPS) is 9.25. The number of nitrogens with zero attached hydrogens (tertiary/aromatic N) is 1. The Bertz CT molecular complexity index is 169. The van der Waals surface area contributed by atoms with Crippen LogP contribution >= 0.6 is 22.6 Å². The monoisotopic (exact) mass is 222 g/mol. The van der Waals surface area contributed by atoms with Gasteiger partial charge in [0.2, 0.25) is 0 Å². The number of hydrogen-bond acceptors (Lipinski definition) is 1. The average molecular weight is 222 g/mol. The Morgan fingerprint density at radius 1 is 1.75 bits per heavy atom. The molecule has 0 unspecified atom stereocenters. The molecule has 0 fully saturated rings. The van der Waals surface area contributed by atoms with Crippen LogP contribution in [-0.4, -0.2) is 4.98 Å². The second-order valence-corrected chi connectivity index (χ2v) is 2.39. The molecule has 0 saturated carbocycles. The highest BCUT2D eigenvalue weighted by atomic mass is 127. The number of halogens is 2. The van der Waals surface area contributed by atoms with Crippen LogP contribution in [0.3, 0.4) is 0 Å². The minimum atomic E-state index is -0.288. The van der Waals surface area contributed by atoms with E-state index in [1.807, 2.05) is 22.6 Å². The van der Waals surface area contributed by atoms with E-state index in [1.165, 1.54) is 6.07 Å². The fourth-order valence-corrected chi connectivity index (χ4v) is 0.597. The molecule has 0 atom stereocenters. The van der Waals surface area contributed by atoms with Crippen molar-refractivity contribution >= 4 is 22.6 Å². The van der Waals surface area contributed by atoms with Crippen molar-refractivity contribution in [3.63, 3.8) is 0 Å². The maximum absolute atomic E-state index is 12.2. The van der Waals surface area contributed by atoms with E-state index in [0.29, 0.717) is 3.57 Å². The lowest BCUT2D eigenvalue weighted by Crippen LogP contribution is -1.80. The molecular formula is C5H2FIN. The third-order valence-electron chi connectivity index (χ3n) is 0.672. The van der Waals surface area contributed by atoms with Gasteiger partial charge in [0.25, 0.3) is 0 Å². The van der Waals surface area contributed by atoms with E-state index in [1.54, 1.807) is 0 Å². The van der Waals surface area contributed by atoms with Crippen LogP contribution in [0.25, 0.3) is 0 Å². The first-order valence-corrected chi connectivity index (χ1v) is 3.05. The maximum Gasteiger partial charge on any atom is 0.154 e. The number of pyridine rings is 1. The Balaban J connectivity index is 3.13. The van der Waals surface area contributed by atoms with Gasteiger partial charge in [-0.3, -0.25) is 4.98 Å². The van der Waals surface area contributed by atoms with E-state index in [-0.39, 0.29) is 5.82 Å². The van der Waals surface area contributed by atoms with Crippen molar-refractivity contribution in [1.82, 2.24) is 4.98 Å². The summed E-state index contributed by atoms with van der Waals surface area (Å²) in [6.07, 6.45) is 3.64. The molecule has 1 heterocycles. The fourth-order valence-electron chi connectivity index (χ4n) is 0.318. The smallest absolute Gasteiger partial charge is 0.154 e. The van der Waals surface area contributed by atoms with Crippen molar-refractivity contribution in [2.45, 2.75) is 0 Å². The van der Waals surface area contributed by atoms with Gasteiger partial charge in [0.05, 0.1) is 16.0 Å². The summed E-state index contributed by atoms with van der Waals surface area (Å²) >= 11 is 1.88. The summed E-state index contributed by atoms with van der Waals surface area (Å²) in [4.78, 5) is 3.44. The molecule has 0 N–H and O–H groups in total. The molecule has 8 heavy (non-hydrogen) atoms. The molecule has 0 aliphatic carbocycles. The molecule has 0 saturated heterocycles. The van der Waals surface area contributed by atoms with Crippen molar-refractivity contribution in [2.75, 3.05) is 0 Å². The number of hydrogen-bond donors (Lipinski definition) is 0.